The molecule has 0 aliphatic carbocycles. The molecule has 0 spiro atoms. The van der Waals surface area contributed by atoms with Crippen LogP contribution in [0.3, 0.4) is 0 Å². The largest absolute Gasteiger partial charge is 0.508 e. The maximum atomic E-state index is 13.2. The number of thioether (sulfide) groups is 1. The van der Waals surface area contributed by atoms with Gasteiger partial charge in [-0.3, -0.25) is 24.0 Å². The average Bonchev–Trinajstić information content (AvgIpc) is 3.03. The van der Waals surface area contributed by atoms with Gasteiger partial charge in [-0.25, -0.2) is 0 Å². The molecule has 10 N–H and O–H groups in total. The van der Waals surface area contributed by atoms with Crippen LogP contribution in [0, 0.1) is 5.41 Å². The van der Waals surface area contributed by atoms with E-state index in [2.05, 4.69) is 21.3 Å². The third-order valence-corrected chi connectivity index (χ3v) is 7.65. The molecule has 0 unspecified atom stereocenters. The minimum absolute atomic E-state index is 0.0159. The van der Waals surface area contributed by atoms with Crippen LogP contribution in [0.2, 0.25) is 0 Å². The van der Waals surface area contributed by atoms with Crippen molar-refractivity contribution >= 4 is 40.5 Å². The molecule has 0 fully saturated rings. The van der Waals surface area contributed by atoms with Crippen LogP contribution < -0.4 is 27.0 Å². The van der Waals surface area contributed by atoms with E-state index in [0.717, 1.165) is 11.8 Å². The Bertz CT molecular complexity index is 1290. The molecule has 4 atom stereocenters. The van der Waals surface area contributed by atoms with E-state index in [4.69, 9.17) is 5.73 Å². The van der Waals surface area contributed by atoms with E-state index in [1.54, 1.807) is 30.3 Å². The highest BCUT2D eigenvalue weighted by atomic mass is 32.2. The van der Waals surface area contributed by atoms with Crippen molar-refractivity contribution in [2.45, 2.75) is 44.5 Å². The Hall–Kier alpha value is -4.02. The first-order valence-electron chi connectivity index (χ1n) is 14.1. The van der Waals surface area contributed by atoms with Crippen molar-refractivity contribution < 1.29 is 44.4 Å². The third kappa shape index (κ3) is 11.8. The Morgan fingerprint density at radius 2 is 1.49 bits per heavy atom. The predicted molar refractivity (Wildman–Crippen MR) is 166 cm³/mol. The van der Waals surface area contributed by atoms with Crippen LogP contribution in [0.5, 0.6) is 5.75 Å². The summed E-state index contributed by atoms with van der Waals surface area (Å²) in [5, 5.41) is 48.1. The first-order valence-corrected chi connectivity index (χ1v) is 15.1. The number of benzene rings is 2. The molecule has 2 aromatic carbocycles. The lowest BCUT2D eigenvalue weighted by Gasteiger charge is -2.27. The lowest BCUT2D eigenvalue weighted by atomic mass is 9.87. The van der Waals surface area contributed by atoms with Gasteiger partial charge in [-0.1, -0.05) is 68.1 Å². The fourth-order valence-corrected chi connectivity index (χ4v) is 4.57. The molecule has 0 bridgehead atoms. The number of carbonyl (C=O) groups excluding carboxylic acids is 5. The van der Waals surface area contributed by atoms with Gasteiger partial charge in [0, 0.05) is 30.7 Å². The number of hydrogen-bond acceptors (Lipinski definition) is 11. The summed E-state index contributed by atoms with van der Waals surface area (Å²) >= 11 is 0.853. The zero-order valence-electron chi connectivity index (χ0n) is 25.1. The van der Waals surface area contributed by atoms with Crippen LogP contribution >= 0.6 is 11.8 Å². The van der Waals surface area contributed by atoms with Crippen LogP contribution in [-0.2, 0) is 24.0 Å². The number of nitrogens with one attached hydrogen (secondary N) is 4. The molecule has 0 aliphatic rings. The molecule has 2 rings (SSSR count). The van der Waals surface area contributed by atoms with Crippen LogP contribution in [0.15, 0.2) is 54.6 Å². The number of phenols is 1. The minimum atomic E-state index is -1.45. The van der Waals surface area contributed by atoms with Crippen molar-refractivity contribution in [2.75, 3.05) is 32.1 Å². The summed E-state index contributed by atoms with van der Waals surface area (Å²) in [6, 6.07) is 10.2. The smallest absolute Gasteiger partial charge is 0.249 e. The monoisotopic (exact) mass is 647 g/mol. The number of aliphatic hydroxyl groups excluding tert-OH is 3. The SMILES string of the molecule is CC(C)(CO)[C@@H](O)C(=O)NCCC(=O)NCCSC(=O)[C@H](NC(=O)[C@H](CO)NC(=O)[C@H](N)c1ccc(O)cc1)c1ccccc1. The number of carbonyl (C=O) groups is 5. The molecule has 0 saturated heterocycles. The number of aliphatic hydroxyl groups is 3. The van der Waals surface area contributed by atoms with Crippen molar-refractivity contribution in [3.05, 3.63) is 65.7 Å². The lowest BCUT2D eigenvalue weighted by molar-refractivity contribution is -0.137. The second-order valence-corrected chi connectivity index (χ2v) is 11.9. The van der Waals surface area contributed by atoms with E-state index in [-0.39, 0.29) is 31.0 Å². The van der Waals surface area contributed by atoms with Crippen LogP contribution in [0.4, 0.5) is 0 Å². The van der Waals surface area contributed by atoms with Crippen LogP contribution in [0.1, 0.15) is 43.5 Å². The zero-order valence-corrected chi connectivity index (χ0v) is 25.9. The van der Waals surface area contributed by atoms with Gasteiger partial charge in [0.05, 0.1) is 13.2 Å². The molecule has 0 aliphatic heterocycles. The van der Waals surface area contributed by atoms with E-state index in [1.807, 2.05) is 0 Å². The standard InChI is InChI=1S/C30H41N5O9S/c1-30(2,17-37)25(40)28(43)33-13-12-22(39)32-14-15-45-29(44)24(19-6-4-3-5-7-19)35-26(41)21(16-36)34-27(42)23(31)18-8-10-20(38)11-9-18/h3-11,21,23-25,36-38,40H,12-17,31H2,1-2H3,(H,32,39)(H,33,43)(H,34,42)(H,35,41)/t21-,23+,24+,25-/m0/s1. The Morgan fingerprint density at radius 3 is 2.09 bits per heavy atom. The molecule has 0 radical (unpaired) electrons. The second kappa shape index (κ2) is 18.1. The van der Waals surface area contributed by atoms with Gasteiger partial charge in [0.2, 0.25) is 28.7 Å². The molecule has 0 aromatic heterocycles. The zero-order chi connectivity index (χ0) is 33.6. The molecule has 0 heterocycles. The molecular formula is C30H41N5O9S. The highest BCUT2D eigenvalue weighted by molar-refractivity contribution is 8.13. The predicted octanol–water partition coefficient (Wildman–Crippen LogP) is -1.01. The third-order valence-electron chi connectivity index (χ3n) is 6.72. The van der Waals surface area contributed by atoms with Gasteiger partial charge in [0.25, 0.3) is 0 Å². The van der Waals surface area contributed by atoms with Crippen LogP contribution in [0.25, 0.3) is 0 Å². The Labute approximate surface area is 265 Å². The summed E-state index contributed by atoms with van der Waals surface area (Å²) in [7, 11) is 0. The maximum Gasteiger partial charge on any atom is 0.249 e. The summed E-state index contributed by atoms with van der Waals surface area (Å²) in [5.41, 5.74) is 5.75. The number of hydrogen-bond donors (Lipinski definition) is 9. The number of amides is 4. The molecule has 2 aromatic rings. The van der Waals surface area contributed by atoms with Crippen molar-refractivity contribution in [3.8, 4) is 5.75 Å². The van der Waals surface area contributed by atoms with E-state index in [0.29, 0.717) is 11.1 Å². The van der Waals surface area contributed by atoms with Crippen molar-refractivity contribution in [1.82, 2.24) is 21.3 Å². The second-order valence-electron chi connectivity index (χ2n) is 10.8. The highest BCUT2D eigenvalue weighted by Crippen LogP contribution is 2.21. The number of rotatable bonds is 17. The fraction of sp³-hybridized carbons (Fsp3) is 0.433. The number of phenolic OH excluding ortho intramolecular Hbond substituents is 1. The first-order chi connectivity index (χ1) is 21.3. The lowest BCUT2D eigenvalue weighted by Crippen LogP contribution is -2.52. The maximum absolute atomic E-state index is 13.2. The van der Waals surface area contributed by atoms with Crippen molar-refractivity contribution in [2.24, 2.45) is 11.1 Å². The Morgan fingerprint density at radius 1 is 0.844 bits per heavy atom. The number of nitrogens with two attached hydrogens (primary N) is 1. The number of aromatic hydroxyl groups is 1. The first kappa shape index (κ1) is 37.2. The summed E-state index contributed by atoms with van der Waals surface area (Å²) in [4.78, 5) is 63.0. The van der Waals surface area contributed by atoms with E-state index in [9.17, 15) is 44.4 Å². The molecule has 0 saturated carbocycles. The molecule has 14 nitrogen and oxygen atoms in total. The average molecular weight is 648 g/mol. The van der Waals surface area contributed by atoms with Gasteiger partial charge >= 0.3 is 0 Å². The summed E-state index contributed by atoms with van der Waals surface area (Å²) in [6.07, 6.45) is -1.53. The van der Waals surface area contributed by atoms with Gasteiger partial charge in [-0.15, -0.1) is 0 Å². The van der Waals surface area contributed by atoms with E-state index < -0.39 is 71.6 Å². The molecular weight excluding hydrogens is 606 g/mol. The van der Waals surface area contributed by atoms with Crippen LogP contribution in [-0.4, -0.2) is 93.4 Å². The van der Waals surface area contributed by atoms with Gasteiger partial charge in [0.15, 0.2) is 0 Å². The molecule has 45 heavy (non-hydrogen) atoms. The summed E-state index contributed by atoms with van der Waals surface area (Å²) in [5.74, 6) is -2.56. The van der Waals surface area contributed by atoms with E-state index in [1.165, 1.54) is 38.1 Å². The van der Waals surface area contributed by atoms with Crippen molar-refractivity contribution in [3.63, 3.8) is 0 Å². The van der Waals surface area contributed by atoms with Gasteiger partial charge in [-0.05, 0) is 23.3 Å². The summed E-state index contributed by atoms with van der Waals surface area (Å²) < 4.78 is 0. The van der Waals surface area contributed by atoms with Gasteiger partial charge in [-0.2, -0.15) is 0 Å². The molecule has 15 heteroatoms. The minimum Gasteiger partial charge on any atom is -0.508 e. The van der Waals surface area contributed by atoms with Gasteiger partial charge < -0.3 is 47.4 Å². The molecule has 246 valence electrons. The van der Waals surface area contributed by atoms with Crippen molar-refractivity contribution in [1.29, 1.82) is 0 Å². The topological polar surface area (TPSA) is 240 Å². The van der Waals surface area contributed by atoms with Gasteiger partial charge in [0.1, 0.15) is 30.0 Å². The normalized spacial score (nSPS) is 13.9. The summed E-state index contributed by atoms with van der Waals surface area (Å²) in [6.45, 7) is 1.94. The molecule has 4 amide bonds. The fourth-order valence-electron chi connectivity index (χ4n) is 3.81. The van der Waals surface area contributed by atoms with E-state index >= 15 is 0 Å². The Kier molecular flexibility index (Phi) is 14.9. The quantitative estimate of drug-likeness (QED) is 0.0942. The Balaban J connectivity index is 1.90. The highest BCUT2D eigenvalue weighted by Gasteiger charge is 2.33.